The third-order valence-corrected chi connectivity index (χ3v) is 6.12. The summed E-state index contributed by atoms with van der Waals surface area (Å²) in [4.78, 5) is 16.5. The zero-order chi connectivity index (χ0) is 18.5. The number of aliphatic hydroxyl groups is 1. The van der Waals surface area contributed by atoms with Crippen molar-refractivity contribution in [2.24, 2.45) is 5.92 Å². The number of benzene rings is 1. The molecule has 1 amide bonds. The van der Waals surface area contributed by atoms with Crippen LogP contribution in [0.5, 0.6) is 0 Å². The maximum absolute atomic E-state index is 12.3. The van der Waals surface area contributed by atoms with Gasteiger partial charge in [0.05, 0.1) is 0 Å². The minimum atomic E-state index is 0.257. The Kier molecular flexibility index (Phi) is 6.71. The molecule has 1 aromatic carbocycles. The molecule has 0 heterocycles. The summed E-state index contributed by atoms with van der Waals surface area (Å²) in [6.45, 7) is 2.11. The second-order valence-corrected chi connectivity index (χ2v) is 8.29. The van der Waals surface area contributed by atoms with Gasteiger partial charge in [-0.2, -0.15) is 0 Å². The lowest BCUT2D eigenvalue weighted by Gasteiger charge is -2.35. The number of rotatable bonds is 8. The molecule has 2 aliphatic rings. The molecule has 0 aromatic heterocycles. The van der Waals surface area contributed by atoms with E-state index in [4.69, 9.17) is 5.11 Å². The van der Waals surface area contributed by atoms with Crippen LogP contribution in [-0.2, 0) is 11.3 Å². The van der Waals surface area contributed by atoms with E-state index in [0.29, 0.717) is 23.8 Å². The fraction of sp³-hybridized carbons (Fsp3) is 0.682. The van der Waals surface area contributed by atoms with Gasteiger partial charge >= 0.3 is 0 Å². The Hall–Kier alpha value is -1.39. The number of hydrogen-bond acceptors (Lipinski definition) is 3. The third kappa shape index (κ3) is 5.08. The van der Waals surface area contributed by atoms with Crippen molar-refractivity contribution in [1.82, 2.24) is 9.80 Å². The van der Waals surface area contributed by atoms with E-state index in [1.165, 1.54) is 24.0 Å². The van der Waals surface area contributed by atoms with E-state index in [2.05, 4.69) is 36.2 Å². The summed E-state index contributed by atoms with van der Waals surface area (Å²) in [6.07, 6.45) is 7.65. The van der Waals surface area contributed by atoms with Crippen molar-refractivity contribution in [3.63, 3.8) is 0 Å². The largest absolute Gasteiger partial charge is 0.396 e. The van der Waals surface area contributed by atoms with Crippen LogP contribution in [0.3, 0.4) is 0 Å². The first-order valence-corrected chi connectivity index (χ1v) is 10.2. The molecule has 26 heavy (non-hydrogen) atoms. The van der Waals surface area contributed by atoms with Gasteiger partial charge < -0.3 is 14.9 Å². The van der Waals surface area contributed by atoms with Crippen molar-refractivity contribution in [1.29, 1.82) is 0 Å². The molecule has 2 saturated carbocycles. The predicted molar refractivity (Wildman–Crippen MR) is 105 cm³/mol. The monoisotopic (exact) mass is 358 g/mol. The second-order valence-electron chi connectivity index (χ2n) is 8.29. The molecule has 0 bridgehead atoms. The number of hydrogen-bond donors (Lipinski definition) is 1. The van der Waals surface area contributed by atoms with E-state index < -0.39 is 0 Å². The maximum atomic E-state index is 12.3. The summed E-state index contributed by atoms with van der Waals surface area (Å²) in [7, 11) is 4.11. The molecule has 0 spiro atoms. The molecule has 1 N–H and O–H groups in total. The van der Waals surface area contributed by atoms with Crippen LogP contribution >= 0.6 is 0 Å². The SMILES string of the molecule is CN(CCCO)Cc1ccc(C2CCC(N(C)C(=O)C3CC3)CC2)cc1. The van der Waals surface area contributed by atoms with Crippen LogP contribution in [0.25, 0.3) is 0 Å². The van der Waals surface area contributed by atoms with E-state index >= 15 is 0 Å². The Labute approximate surface area is 158 Å². The summed E-state index contributed by atoms with van der Waals surface area (Å²) in [5.41, 5.74) is 2.78. The Balaban J connectivity index is 1.47. The highest BCUT2D eigenvalue weighted by Gasteiger charge is 2.35. The lowest BCUT2D eigenvalue weighted by molar-refractivity contribution is -0.133. The topological polar surface area (TPSA) is 43.8 Å². The van der Waals surface area contributed by atoms with Crippen LogP contribution < -0.4 is 0 Å². The Morgan fingerprint density at radius 2 is 1.69 bits per heavy atom. The van der Waals surface area contributed by atoms with Crippen molar-refractivity contribution in [2.45, 2.75) is 63.5 Å². The predicted octanol–water partition coefficient (Wildman–Crippen LogP) is 3.40. The summed E-state index contributed by atoms with van der Waals surface area (Å²) in [5, 5.41) is 8.93. The minimum Gasteiger partial charge on any atom is -0.396 e. The van der Waals surface area contributed by atoms with Crippen LogP contribution in [0, 0.1) is 5.92 Å². The molecule has 0 radical (unpaired) electrons. The standard InChI is InChI=1S/C22H34N2O2/c1-23(14-3-15-25)16-17-4-6-18(7-5-17)19-10-12-21(13-11-19)24(2)22(26)20-8-9-20/h4-7,19-21,25H,3,8-16H2,1-2H3. The van der Waals surface area contributed by atoms with Gasteiger partial charge in [0.1, 0.15) is 0 Å². The second kappa shape index (κ2) is 9.01. The zero-order valence-corrected chi connectivity index (χ0v) is 16.4. The third-order valence-electron chi connectivity index (χ3n) is 6.12. The quantitative estimate of drug-likeness (QED) is 0.775. The van der Waals surface area contributed by atoms with Gasteiger partial charge in [0.15, 0.2) is 0 Å². The summed E-state index contributed by atoms with van der Waals surface area (Å²) >= 11 is 0. The van der Waals surface area contributed by atoms with Gasteiger partial charge in [-0.3, -0.25) is 4.79 Å². The first kappa shape index (κ1) is 19.4. The van der Waals surface area contributed by atoms with Crippen LogP contribution in [0.15, 0.2) is 24.3 Å². The molecule has 4 heteroatoms. The fourth-order valence-electron chi connectivity index (χ4n) is 4.22. The Bertz CT molecular complexity index is 574. The molecule has 0 unspecified atom stereocenters. The number of carbonyl (C=O) groups is 1. The molecule has 1 aromatic rings. The maximum Gasteiger partial charge on any atom is 0.225 e. The number of amides is 1. The average molecular weight is 359 g/mol. The van der Waals surface area contributed by atoms with Crippen molar-refractivity contribution < 1.29 is 9.90 Å². The number of aliphatic hydroxyl groups excluding tert-OH is 1. The molecule has 2 aliphatic carbocycles. The fourth-order valence-corrected chi connectivity index (χ4v) is 4.22. The highest BCUT2D eigenvalue weighted by Crippen LogP contribution is 2.37. The number of carbonyl (C=O) groups excluding carboxylic acids is 1. The number of nitrogens with zero attached hydrogens (tertiary/aromatic N) is 2. The summed E-state index contributed by atoms with van der Waals surface area (Å²) in [5.74, 6) is 1.35. The highest BCUT2D eigenvalue weighted by atomic mass is 16.3. The van der Waals surface area contributed by atoms with Crippen LogP contribution in [-0.4, -0.2) is 54.1 Å². The van der Waals surface area contributed by atoms with Crippen molar-refractivity contribution >= 4 is 5.91 Å². The molecule has 0 saturated heterocycles. The van der Waals surface area contributed by atoms with Crippen molar-refractivity contribution in [2.75, 3.05) is 27.2 Å². The van der Waals surface area contributed by atoms with Gasteiger partial charge in [-0.25, -0.2) is 0 Å². The van der Waals surface area contributed by atoms with E-state index in [1.54, 1.807) is 0 Å². The lowest BCUT2D eigenvalue weighted by atomic mass is 9.81. The van der Waals surface area contributed by atoms with E-state index in [-0.39, 0.29) is 6.61 Å². The van der Waals surface area contributed by atoms with Crippen LogP contribution in [0.4, 0.5) is 0 Å². The highest BCUT2D eigenvalue weighted by molar-refractivity contribution is 5.81. The van der Waals surface area contributed by atoms with Gasteiger partial charge in [-0.1, -0.05) is 24.3 Å². The van der Waals surface area contributed by atoms with Gasteiger partial charge in [-0.05, 0) is 69.0 Å². The first-order chi connectivity index (χ1) is 12.6. The summed E-state index contributed by atoms with van der Waals surface area (Å²) < 4.78 is 0. The molecule has 3 rings (SSSR count). The Morgan fingerprint density at radius 1 is 1.04 bits per heavy atom. The molecule has 144 valence electrons. The Morgan fingerprint density at radius 3 is 2.27 bits per heavy atom. The van der Waals surface area contributed by atoms with Gasteiger partial charge in [0.2, 0.25) is 5.91 Å². The van der Waals surface area contributed by atoms with Gasteiger partial charge in [0, 0.05) is 38.7 Å². The van der Waals surface area contributed by atoms with Crippen molar-refractivity contribution in [3.05, 3.63) is 35.4 Å². The molecular weight excluding hydrogens is 324 g/mol. The zero-order valence-electron chi connectivity index (χ0n) is 16.4. The average Bonchev–Trinajstić information content (AvgIpc) is 3.51. The first-order valence-electron chi connectivity index (χ1n) is 10.2. The minimum absolute atomic E-state index is 0.257. The van der Waals surface area contributed by atoms with E-state index in [1.807, 2.05) is 11.9 Å². The van der Waals surface area contributed by atoms with Crippen LogP contribution in [0.2, 0.25) is 0 Å². The lowest BCUT2D eigenvalue weighted by Crippen LogP contribution is -2.40. The van der Waals surface area contributed by atoms with E-state index in [0.717, 1.165) is 45.2 Å². The van der Waals surface area contributed by atoms with Crippen LogP contribution in [0.1, 0.15) is 62.0 Å². The molecule has 4 nitrogen and oxygen atoms in total. The molecule has 0 aliphatic heterocycles. The summed E-state index contributed by atoms with van der Waals surface area (Å²) in [6, 6.07) is 9.52. The molecule has 0 atom stereocenters. The van der Waals surface area contributed by atoms with Gasteiger partial charge in [-0.15, -0.1) is 0 Å². The van der Waals surface area contributed by atoms with Crippen molar-refractivity contribution in [3.8, 4) is 0 Å². The van der Waals surface area contributed by atoms with E-state index in [9.17, 15) is 4.79 Å². The molecular formula is C22H34N2O2. The molecule has 2 fully saturated rings. The normalized spacial score (nSPS) is 23.2. The van der Waals surface area contributed by atoms with Gasteiger partial charge in [0.25, 0.3) is 0 Å². The smallest absolute Gasteiger partial charge is 0.225 e.